The summed E-state index contributed by atoms with van der Waals surface area (Å²) >= 11 is 1.30. The Balaban J connectivity index is 1.45. The van der Waals surface area contributed by atoms with Crippen LogP contribution in [0.15, 0.2) is 84.2 Å². The molecule has 0 unspecified atom stereocenters. The van der Waals surface area contributed by atoms with Crippen molar-refractivity contribution in [2.45, 2.75) is 0 Å². The molecular formula is C23H16N4O4S. The highest BCUT2D eigenvalue weighted by molar-refractivity contribution is 7.14. The number of nitrogens with one attached hydrogen (secondary N) is 2. The zero-order chi connectivity index (χ0) is 22.5. The normalized spacial score (nSPS) is 10.4. The molecule has 2 amide bonds. The summed E-state index contributed by atoms with van der Waals surface area (Å²) in [4.78, 5) is 39.5. The Labute approximate surface area is 186 Å². The third-order valence-corrected chi connectivity index (χ3v) is 5.27. The van der Waals surface area contributed by atoms with Gasteiger partial charge in [-0.05, 0) is 36.4 Å². The van der Waals surface area contributed by atoms with Gasteiger partial charge in [0.2, 0.25) is 0 Å². The number of rotatable bonds is 6. The molecule has 3 aromatic carbocycles. The van der Waals surface area contributed by atoms with E-state index in [4.69, 9.17) is 0 Å². The van der Waals surface area contributed by atoms with Gasteiger partial charge in [-0.1, -0.05) is 30.3 Å². The van der Waals surface area contributed by atoms with E-state index >= 15 is 0 Å². The van der Waals surface area contributed by atoms with Crippen LogP contribution in [0.1, 0.15) is 20.7 Å². The summed E-state index contributed by atoms with van der Waals surface area (Å²) in [7, 11) is 0. The molecule has 4 rings (SSSR count). The summed E-state index contributed by atoms with van der Waals surface area (Å²) in [6, 6.07) is 21.4. The van der Waals surface area contributed by atoms with E-state index in [1.165, 1.54) is 35.6 Å². The molecule has 0 radical (unpaired) electrons. The van der Waals surface area contributed by atoms with Crippen molar-refractivity contribution >= 4 is 39.7 Å². The maximum atomic E-state index is 12.5. The van der Waals surface area contributed by atoms with Gasteiger partial charge in [0.1, 0.15) is 0 Å². The molecule has 9 heteroatoms. The van der Waals surface area contributed by atoms with Gasteiger partial charge in [0, 0.05) is 39.9 Å². The topological polar surface area (TPSA) is 114 Å². The van der Waals surface area contributed by atoms with Crippen LogP contribution in [0.25, 0.3) is 11.3 Å². The number of anilines is 2. The van der Waals surface area contributed by atoms with Crippen LogP contribution in [0.2, 0.25) is 0 Å². The number of nitro groups is 1. The quantitative estimate of drug-likeness (QED) is 0.312. The van der Waals surface area contributed by atoms with Crippen LogP contribution >= 0.6 is 11.3 Å². The van der Waals surface area contributed by atoms with Gasteiger partial charge in [-0.25, -0.2) is 4.98 Å². The Kier molecular flexibility index (Phi) is 6.00. The molecule has 1 aromatic heterocycles. The average Bonchev–Trinajstić information content (AvgIpc) is 3.28. The molecule has 0 atom stereocenters. The smallest absolute Gasteiger partial charge is 0.269 e. The molecule has 0 saturated carbocycles. The molecular weight excluding hydrogens is 428 g/mol. The zero-order valence-corrected chi connectivity index (χ0v) is 17.3. The highest BCUT2D eigenvalue weighted by atomic mass is 32.1. The molecule has 0 aliphatic rings. The summed E-state index contributed by atoms with van der Waals surface area (Å²) in [5.74, 6) is -0.623. The van der Waals surface area contributed by atoms with Gasteiger partial charge in [-0.15, -0.1) is 11.3 Å². The number of thiazole rings is 1. The Morgan fingerprint density at radius 2 is 1.53 bits per heavy atom. The largest absolute Gasteiger partial charge is 0.322 e. The lowest BCUT2D eigenvalue weighted by molar-refractivity contribution is -0.384. The maximum Gasteiger partial charge on any atom is 0.269 e. The molecule has 8 nitrogen and oxygen atoms in total. The third-order valence-electron chi connectivity index (χ3n) is 4.52. The number of amides is 2. The molecule has 0 fully saturated rings. The average molecular weight is 444 g/mol. The van der Waals surface area contributed by atoms with Crippen LogP contribution in [0.5, 0.6) is 0 Å². The van der Waals surface area contributed by atoms with E-state index in [9.17, 15) is 19.7 Å². The molecule has 0 bridgehead atoms. The lowest BCUT2D eigenvalue weighted by Gasteiger charge is -2.07. The first-order valence-electron chi connectivity index (χ1n) is 9.48. The van der Waals surface area contributed by atoms with Crippen molar-refractivity contribution in [2.24, 2.45) is 0 Å². The lowest BCUT2D eigenvalue weighted by atomic mass is 10.1. The first-order chi connectivity index (χ1) is 15.5. The van der Waals surface area contributed by atoms with Crippen molar-refractivity contribution in [2.75, 3.05) is 10.6 Å². The second kappa shape index (κ2) is 9.19. The fraction of sp³-hybridized carbons (Fsp3) is 0. The van der Waals surface area contributed by atoms with Crippen molar-refractivity contribution in [3.8, 4) is 11.3 Å². The minimum atomic E-state index is -0.518. The number of benzene rings is 3. The van der Waals surface area contributed by atoms with Crippen molar-refractivity contribution < 1.29 is 14.5 Å². The van der Waals surface area contributed by atoms with E-state index in [-0.39, 0.29) is 17.5 Å². The Hall–Kier alpha value is -4.37. The standard InChI is InChI=1S/C23H16N4O4S/c28-21(16-9-11-19(12-10-16)27(30)31)24-18-8-4-7-17(13-18)20-14-32-23(25-20)26-22(29)15-5-2-1-3-6-15/h1-14H,(H,24,28)(H,25,26,29). The molecule has 32 heavy (non-hydrogen) atoms. The monoisotopic (exact) mass is 444 g/mol. The van der Waals surface area contributed by atoms with Gasteiger partial charge < -0.3 is 5.32 Å². The minimum absolute atomic E-state index is 0.0813. The summed E-state index contributed by atoms with van der Waals surface area (Å²) in [6.45, 7) is 0. The van der Waals surface area contributed by atoms with E-state index in [2.05, 4.69) is 15.6 Å². The Bertz CT molecular complexity index is 1290. The fourth-order valence-corrected chi connectivity index (χ4v) is 3.63. The predicted molar refractivity (Wildman–Crippen MR) is 123 cm³/mol. The second-order valence-corrected chi connectivity index (χ2v) is 7.56. The summed E-state index contributed by atoms with van der Waals surface area (Å²) < 4.78 is 0. The molecule has 4 aromatic rings. The van der Waals surface area contributed by atoms with Crippen LogP contribution in [-0.4, -0.2) is 21.7 Å². The summed E-state index contributed by atoms with van der Waals surface area (Å²) in [5, 5.41) is 18.6. The predicted octanol–water partition coefficient (Wildman–Crippen LogP) is 5.22. The van der Waals surface area contributed by atoms with E-state index in [1.54, 1.807) is 42.5 Å². The first-order valence-corrected chi connectivity index (χ1v) is 10.4. The van der Waals surface area contributed by atoms with Crippen LogP contribution in [0.3, 0.4) is 0 Å². The summed E-state index contributed by atoms with van der Waals surface area (Å²) in [5.41, 5.74) is 2.74. The number of hydrogen-bond acceptors (Lipinski definition) is 6. The van der Waals surface area contributed by atoms with Crippen LogP contribution < -0.4 is 10.6 Å². The molecule has 2 N–H and O–H groups in total. The van der Waals surface area contributed by atoms with E-state index in [0.717, 1.165) is 5.56 Å². The first kappa shape index (κ1) is 20.9. The second-order valence-electron chi connectivity index (χ2n) is 6.70. The molecule has 1 heterocycles. The van der Waals surface area contributed by atoms with E-state index in [0.29, 0.717) is 27.6 Å². The zero-order valence-electron chi connectivity index (χ0n) is 16.5. The van der Waals surface area contributed by atoms with Gasteiger partial charge >= 0.3 is 0 Å². The minimum Gasteiger partial charge on any atom is -0.322 e. The van der Waals surface area contributed by atoms with Gasteiger partial charge in [0.25, 0.3) is 17.5 Å². The van der Waals surface area contributed by atoms with Gasteiger partial charge in [0.15, 0.2) is 5.13 Å². The number of carbonyl (C=O) groups is 2. The van der Waals surface area contributed by atoms with E-state index < -0.39 is 4.92 Å². The van der Waals surface area contributed by atoms with Crippen LogP contribution in [-0.2, 0) is 0 Å². The maximum absolute atomic E-state index is 12.5. The number of hydrogen-bond donors (Lipinski definition) is 2. The molecule has 0 spiro atoms. The fourth-order valence-electron chi connectivity index (χ4n) is 2.92. The lowest BCUT2D eigenvalue weighted by Crippen LogP contribution is -2.12. The molecule has 0 saturated heterocycles. The highest BCUT2D eigenvalue weighted by Crippen LogP contribution is 2.27. The summed E-state index contributed by atoms with van der Waals surface area (Å²) in [6.07, 6.45) is 0. The SMILES string of the molecule is O=C(Nc1cccc(-c2csc(NC(=O)c3ccccc3)n2)c1)c1ccc([N+](=O)[O-])cc1. The van der Waals surface area contributed by atoms with Crippen molar-refractivity contribution in [1.82, 2.24) is 4.98 Å². The molecule has 158 valence electrons. The van der Waals surface area contributed by atoms with Crippen molar-refractivity contribution in [3.05, 3.63) is 105 Å². The number of non-ortho nitro benzene ring substituents is 1. The molecule has 0 aliphatic heterocycles. The van der Waals surface area contributed by atoms with Gasteiger partial charge in [-0.2, -0.15) is 0 Å². The Morgan fingerprint density at radius 1 is 0.844 bits per heavy atom. The third kappa shape index (κ3) is 4.85. The number of nitro benzene ring substituents is 1. The molecule has 0 aliphatic carbocycles. The number of nitrogens with zero attached hydrogens (tertiary/aromatic N) is 2. The number of carbonyl (C=O) groups excluding carboxylic acids is 2. The highest BCUT2D eigenvalue weighted by Gasteiger charge is 2.12. The number of aromatic nitrogens is 1. The van der Waals surface area contributed by atoms with Crippen LogP contribution in [0.4, 0.5) is 16.5 Å². The Morgan fingerprint density at radius 3 is 2.25 bits per heavy atom. The van der Waals surface area contributed by atoms with Crippen LogP contribution in [0, 0.1) is 10.1 Å². The van der Waals surface area contributed by atoms with Gasteiger partial charge in [-0.3, -0.25) is 25.0 Å². The van der Waals surface area contributed by atoms with Crippen molar-refractivity contribution in [1.29, 1.82) is 0 Å². The van der Waals surface area contributed by atoms with E-state index in [1.807, 2.05) is 17.5 Å². The van der Waals surface area contributed by atoms with Crippen molar-refractivity contribution in [3.63, 3.8) is 0 Å². The van der Waals surface area contributed by atoms with Gasteiger partial charge in [0.05, 0.1) is 10.6 Å².